The lowest BCUT2D eigenvalue weighted by molar-refractivity contribution is 1.65. The summed E-state index contributed by atoms with van der Waals surface area (Å²) in [5.74, 6) is 0. The van der Waals surface area contributed by atoms with E-state index in [1.807, 2.05) is 0 Å². The summed E-state index contributed by atoms with van der Waals surface area (Å²) in [4.78, 5) is 0. The zero-order valence-corrected chi connectivity index (χ0v) is 6.67. The van der Waals surface area contributed by atoms with Gasteiger partial charge in [0.2, 0.25) is 0 Å². The lowest BCUT2D eigenvalue weighted by Crippen LogP contribution is -1.65. The Kier molecular flexibility index (Phi) is 0.969. The highest BCUT2D eigenvalue weighted by atomic mass is 127. The topological polar surface area (TPSA) is 0 Å². The highest BCUT2D eigenvalue weighted by Gasteiger charge is 1.83. The standard InChI is InChI=1S/C6H4ClI/c7-5-1-3-6(8)4-2-5/h1-4H/i1D,2D,3D,4D. The quantitative estimate of drug-likeness (QED) is 0.614. The van der Waals surface area contributed by atoms with E-state index in [4.69, 9.17) is 17.1 Å². The van der Waals surface area contributed by atoms with Gasteiger partial charge < -0.3 is 0 Å². The molecule has 0 heterocycles. The van der Waals surface area contributed by atoms with Gasteiger partial charge in [0.15, 0.2) is 0 Å². The molecule has 0 fully saturated rings. The predicted octanol–water partition coefficient (Wildman–Crippen LogP) is 2.94. The van der Waals surface area contributed by atoms with Crippen molar-refractivity contribution in [2.24, 2.45) is 0 Å². The van der Waals surface area contributed by atoms with E-state index in [1.165, 1.54) is 0 Å². The van der Waals surface area contributed by atoms with Gasteiger partial charge in [-0.05, 0) is 46.8 Å². The molecule has 0 saturated heterocycles. The summed E-state index contributed by atoms with van der Waals surface area (Å²) in [7, 11) is 0. The van der Waals surface area contributed by atoms with Crippen LogP contribution in [-0.4, -0.2) is 0 Å². The van der Waals surface area contributed by atoms with Crippen LogP contribution in [0.3, 0.4) is 0 Å². The van der Waals surface area contributed by atoms with E-state index in [-0.39, 0.29) is 29.2 Å². The molecule has 8 heavy (non-hydrogen) atoms. The molecular formula is C6H4ClI. The van der Waals surface area contributed by atoms with Crippen molar-refractivity contribution in [3.8, 4) is 0 Å². The molecule has 0 N–H and O–H groups in total. The molecule has 0 aromatic heterocycles. The van der Waals surface area contributed by atoms with Gasteiger partial charge >= 0.3 is 0 Å². The number of benzene rings is 1. The molecule has 1 aromatic rings. The monoisotopic (exact) mass is 242 g/mol. The third kappa shape index (κ3) is 1.63. The molecule has 0 unspecified atom stereocenters. The normalized spacial score (nSPS) is 16.2. The second-order valence-electron chi connectivity index (χ2n) is 1.13. The van der Waals surface area contributed by atoms with Crippen molar-refractivity contribution in [3.63, 3.8) is 0 Å². The van der Waals surface area contributed by atoms with Gasteiger partial charge in [0, 0.05) is 8.59 Å². The zero-order chi connectivity index (χ0) is 9.46. The molecule has 0 aliphatic heterocycles. The first kappa shape index (κ1) is 2.88. The number of hydrogen-bond donors (Lipinski definition) is 0. The van der Waals surface area contributed by atoms with Crippen molar-refractivity contribution >= 4 is 34.2 Å². The van der Waals surface area contributed by atoms with Crippen LogP contribution in [0.25, 0.3) is 0 Å². The van der Waals surface area contributed by atoms with Crippen molar-refractivity contribution in [2.45, 2.75) is 0 Å². The van der Waals surface area contributed by atoms with E-state index < -0.39 is 0 Å². The van der Waals surface area contributed by atoms with Crippen LogP contribution in [0, 0.1) is 3.57 Å². The van der Waals surface area contributed by atoms with Gasteiger partial charge in [0.05, 0.1) is 5.48 Å². The second-order valence-corrected chi connectivity index (χ2v) is 2.58. The second kappa shape index (κ2) is 2.69. The van der Waals surface area contributed by atoms with E-state index in [0.717, 1.165) is 0 Å². The average Bonchev–Trinajstić information content (AvgIpc) is 2.08. The Balaban J connectivity index is 3.60. The maximum Gasteiger partial charge on any atom is 0.0639 e. The third-order valence-electron chi connectivity index (χ3n) is 0.564. The van der Waals surface area contributed by atoms with Crippen molar-refractivity contribution in [2.75, 3.05) is 0 Å². The largest absolute Gasteiger partial charge is 0.0843 e. The van der Waals surface area contributed by atoms with Crippen LogP contribution >= 0.6 is 34.2 Å². The van der Waals surface area contributed by atoms with Crippen molar-refractivity contribution in [1.82, 2.24) is 0 Å². The number of halogens is 2. The number of hydrogen-bond acceptors (Lipinski definition) is 0. The van der Waals surface area contributed by atoms with E-state index >= 15 is 0 Å². The third-order valence-corrected chi connectivity index (χ3v) is 1.29. The Morgan fingerprint density at radius 3 is 2.38 bits per heavy atom. The molecule has 0 bridgehead atoms. The Labute approximate surface area is 72.6 Å². The maximum atomic E-state index is 7.34. The number of rotatable bonds is 0. The Morgan fingerprint density at radius 1 is 1.38 bits per heavy atom. The molecule has 0 atom stereocenters. The van der Waals surface area contributed by atoms with Crippen LogP contribution in [0.2, 0.25) is 5.02 Å². The van der Waals surface area contributed by atoms with E-state index in [9.17, 15) is 0 Å². The van der Waals surface area contributed by atoms with Crippen LogP contribution in [0.15, 0.2) is 24.2 Å². The zero-order valence-electron chi connectivity index (χ0n) is 7.76. The van der Waals surface area contributed by atoms with Crippen LogP contribution < -0.4 is 0 Å². The summed E-state index contributed by atoms with van der Waals surface area (Å²) < 4.78 is 29.6. The van der Waals surface area contributed by atoms with Gasteiger partial charge in [-0.2, -0.15) is 0 Å². The van der Waals surface area contributed by atoms with Gasteiger partial charge in [0.1, 0.15) is 0 Å². The van der Waals surface area contributed by atoms with Gasteiger partial charge in [-0.25, -0.2) is 0 Å². The van der Waals surface area contributed by atoms with Crippen molar-refractivity contribution < 1.29 is 5.48 Å². The molecule has 0 aliphatic carbocycles. The molecular weight excluding hydrogens is 234 g/mol. The summed E-state index contributed by atoms with van der Waals surface area (Å²) in [6, 6.07) is -0.521. The molecule has 0 saturated carbocycles. The van der Waals surface area contributed by atoms with Crippen LogP contribution in [0.5, 0.6) is 0 Å². The Morgan fingerprint density at radius 2 is 1.88 bits per heavy atom. The van der Waals surface area contributed by atoms with E-state index in [2.05, 4.69) is 0 Å². The molecule has 1 aromatic carbocycles. The van der Waals surface area contributed by atoms with Gasteiger partial charge in [-0.15, -0.1) is 0 Å². The first-order valence-electron chi connectivity index (χ1n) is 3.88. The summed E-state index contributed by atoms with van der Waals surface area (Å²) >= 11 is 7.31. The minimum atomic E-state index is -0.179. The molecule has 1 rings (SSSR count). The fourth-order valence-electron chi connectivity index (χ4n) is 0.282. The molecule has 0 spiro atoms. The van der Waals surface area contributed by atoms with Crippen LogP contribution in [-0.2, 0) is 0 Å². The molecule has 0 radical (unpaired) electrons. The molecule has 0 nitrogen and oxygen atoms in total. The maximum absolute atomic E-state index is 7.34. The van der Waals surface area contributed by atoms with E-state index in [0.29, 0.717) is 3.57 Å². The molecule has 0 amide bonds. The average molecular weight is 242 g/mol. The fourth-order valence-corrected chi connectivity index (χ4v) is 0.646. The lowest BCUT2D eigenvalue weighted by atomic mass is 10.4. The van der Waals surface area contributed by atoms with Gasteiger partial charge in [0.25, 0.3) is 0 Å². The predicted molar refractivity (Wildman–Crippen MR) is 44.2 cm³/mol. The molecule has 42 valence electrons. The minimum absolute atomic E-state index is 0.0819. The minimum Gasteiger partial charge on any atom is -0.0843 e. The first-order chi connectivity index (χ1) is 5.46. The molecule has 2 heteroatoms. The Bertz CT molecular complexity index is 234. The first-order valence-corrected chi connectivity index (χ1v) is 3.33. The van der Waals surface area contributed by atoms with Crippen molar-refractivity contribution in [3.05, 3.63) is 32.8 Å². The molecule has 0 aliphatic rings. The smallest absolute Gasteiger partial charge is 0.0639 e. The lowest BCUT2D eigenvalue weighted by Gasteiger charge is -1.86. The summed E-state index contributed by atoms with van der Waals surface area (Å²) in [6.07, 6.45) is 0. The van der Waals surface area contributed by atoms with Gasteiger partial charge in [-0.3, -0.25) is 0 Å². The SMILES string of the molecule is [2H]c1c([2H])c(I)c([2H])c([2H])c1Cl. The fraction of sp³-hybridized carbons (Fsp3) is 0. The summed E-state index contributed by atoms with van der Waals surface area (Å²) in [5.41, 5.74) is 0. The van der Waals surface area contributed by atoms with E-state index in [1.54, 1.807) is 22.6 Å². The summed E-state index contributed by atoms with van der Waals surface area (Å²) in [5, 5.41) is -0.120. The highest BCUT2D eigenvalue weighted by Crippen LogP contribution is 2.10. The van der Waals surface area contributed by atoms with Crippen LogP contribution in [0.4, 0.5) is 0 Å². The van der Waals surface area contributed by atoms with Gasteiger partial charge in [-0.1, -0.05) is 11.6 Å². The Hall–Kier alpha value is 0.240. The van der Waals surface area contributed by atoms with Crippen LogP contribution in [0.1, 0.15) is 5.48 Å². The summed E-state index contributed by atoms with van der Waals surface area (Å²) in [6.45, 7) is 0. The van der Waals surface area contributed by atoms with Crippen molar-refractivity contribution in [1.29, 1.82) is 0 Å². The highest BCUT2D eigenvalue weighted by molar-refractivity contribution is 14.1.